The number of halogens is 2. The van der Waals surface area contributed by atoms with Gasteiger partial charge in [0.1, 0.15) is 5.69 Å². The van der Waals surface area contributed by atoms with Crippen molar-refractivity contribution < 1.29 is 13.7 Å². The molecule has 94 valence electrons. The van der Waals surface area contributed by atoms with Gasteiger partial charge in [0.25, 0.3) is 5.69 Å². The predicted molar refractivity (Wildman–Crippen MR) is 60.2 cm³/mol. The molecule has 0 aliphatic rings. The summed E-state index contributed by atoms with van der Waals surface area (Å²) in [5.41, 5.74) is -0.850. The Morgan fingerprint density at radius 3 is 2.35 bits per heavy atom. The number of nitrogens with zero attached hydrogens (tertiary/aromatic N) is 2. The van der Waals surface area contributed by atoms with Crippen molar-refractivity contribution in [3.63, 3.8) is 0 Å². The minimum Gasteiger partial charge on any atom is -0.369 e. The van der Waals surface area contributed by atoms with Crippen LogP contribution < -0.4 is 10.2 Å². The normalized spacial score (nSPS) is 10.4. The van der Waals surface area contributed by atoms with Gasteiger partial charge < -0.3 is 10.2 Å². The van der Waals surface area contributed by atoms with E-state index in [1.807, 2.05) is 0 Å². The summed E-state index contributed by atoms with van der Waals surface area (Å²) in [6, 6.07) is 1.43. The Labute approximate surface area is 97.2 Å². The third kappa shape index (κ3) is 3.10. The average Bonchev–Trinajstić information content (AvgIpc) is 2.25. The molecule has 0 radical (unpaired) electrons. The zero-order valence-corrected chi connectivity index (χ0v) is 9.54. The summed E-state index contributed by atoms with van der Waals surface area (Å²) >= 11 is 0. The van der Waals surface area contributed by atoms with Crippen molar-refractivity contribution in [3.8, 4) is 0 Å². The van der Waals surface area contributed by atoms with E-state index < -0.39 is 22.2 Å². The summed E-state index contributed by atoms with van der Waals surface area (Å²) in [7, 11) is 3.24. The molecule has 1 aromatic carbocycles. The topological polar surface area (TPSA) is 58.4 Å². The highest BCUT2D eigenvalue weighted by Crippen LogP contribution is 2.27. The van der Waals surface area contributed by atoms with Crippen LogP contribution in [0.4, 0.5) is 20.2 Å². The van der Waals surface area contributed by atoms with Crippen molar-refractivity contribution in [2.45, 2.75) is 0 Å². The summed E-state index contributed by atoms with van der Waals surface area (Å²) in [5, 5.41) is 13.2. The second-order valence-electron chi connectivity index (χ2n) is 3.54. The van der Waals surface area contributed by atoms with Gasteiger partial charge >= 0.3 is 0 Å². The van der Waals surface area contributed by atoms with E-state index in [4.69, 9.17) is 0 Å². The highest BCUT2D eigenvalue weighted by molar-refractivity contribution is 5.53. The molecule has 0 amide bonds. The molecule has 5 nitrogen and oxygen atoms in total. The summed E-state index contributed by atoms with van der Waals surface area (Å²) in [5.74, 6) is -1.87. The van der Waals surface area contributed by atoms with Crippen LogP contribution in [0.25, 0.3) is 0 Å². The number of rotatable bonds is 5. The minimum atomic E-state index is -0.935. The lowest BCUT2D eigenvalue weighted by atomic mass is 10.2. The number of nitrogens with one attached hydrogen (secondary N) is 1. The Bertz CT molecular complexity index is 403. The summed E-state index contributed by atoms with van der Waals surface area (Å²) in [6.07, 6.45) is 0. The van der Waals surface area contributed by atoms with Crippen LogP contribution in [0.1, 0.15) is 0 Å². The number of nitro benzene ring substituents is 1. The number of anilines is 1. The SMILES string of the molecule is CNCCN(C)c1c(F)cc([N+](=O)[O-])cc1F. The summed E-state index contributed by atoms with van der Waals surface area (Å²) in [4.78, 5) is 10.9. The number of hydrogen-bond acceptors (Lipinski definition) is 4. The number of hydrogen-bond donors (Lipinski definition) is 1. The largest absolute Gasteiger partial charge is 0.369 e. The van der Waals surface area contributed by atoms with Gasteiger partial charge in [0.15, 0.2) is 11.6 Å². The minimum absolute atomic E-state index is 0.258. The van der Waals surface area contributed by atoms with Crippen LogP contribution in [-0.2, 0) is 0 Å². The monoisotopic (exact) mass is 245 g/mol. The Hall–Kier alpha value is -1.76. The molecule has 0 aromatic heterocycles. The first-order chi connectivity index (χ1) is 7.97. The number of non-ortho nitro benzene ring substituents is 1. The first-order valence-electron chi connectivity index (χ1n) is 4.96. The van der Waals surface area contributed by atoms with Crippen molar-refractivity contribution in [1.29, 1.82) is 0 Å². The molecular formula is C10H13F2N3O2. The first-order valence-corrected chi connectivity index (χ1v) is 4.96. The van der Waals surface area contributed by atoms with E-state index >= 15 is 0 Å². The van der Waals surface area contributed by atoms with Gasteiger partial charge in [-0.3, -0.25) is 10.1 Å². The molecular weight excluding hydrogens is 232 g/mol. The molecule has 1 rings (SSSR count). The molecule has 7 heteroatoms. The highest BCUT2D eigenvalue weighted by atomic mass is 19.1. The lowest BCUT2D eigenvalue weighted by Crippen LogP contribution is -2.28. The fraction of sp³-hybridized carbons (Fsp3) is 0.400. The molecule has 0 heterocycles. The molecule has 1 aromatic rings. The van der Waals surface area contributed by atoms with E-state index in [0.29, 0.717) is 25.2 Å². The van der Waals surface area contributed by atoms with E-state index in [2.05, 4.69) is 5.32 Å². The number of likely N-dealkylation sites (N-methyl/N-ethyl adjacent to an activating group) is 2. The Morgan fingerprint density at radius 2 is 1.94 bits per heavy atom. The number of nitro groups is 1. The lowest BCUT2D eigenvalue weighted by Gasteiger charge is -2.20. The van der Waals surface area contributed by atoms with Gasteiger partial charge in [0.05, 0.1) is 17.1 Å². The van der Waals surface area contributed by atoms with Gasteiger partial charge in [-0.1, -0.05) is 0 Å². The maximum Gasteiger partial charge on any atom is 0.275 e. The van der Waals surface area contributed by atoms with E-state index in [0.717, 1.165) is 0 Å². The average molecular weight is 245 g/mol. The van der Waals surface area contributed by atoms with Gasteiger partial charge in [-0.15, -0.1) is 0 Å². The lowest BCUT2D eigenvalue weighted by molar-refractivity contribution is -0.385. The molecule has 0 bridgehead atoms. The third-order valence-electron chi connectivity index (χ3n) is 2.29. The van der Waals surface area contributed by atoms with Crippen LogP contribution in [-0.4, -0.2) is 32.1 Å². The summed E-state index contributed by atoms with van der Waals surface area (Å²) < 4.78 is 27.1. The molecule has 0 fully saturated rings. The van der Waals surface area contributed by atoms with Crippen LogP contribution >= 0.6 is 0 Å². The van der Waals surface area contributed by atoms with Crippen LogP contribution in [0.5, 0.6) is 0 Å². The predicted octanol–water partition coefficient (Wildman–Crippen LogP) is 1.53. The van der Waals surface area contributed by atoms with Crippen LogP contribution in [0.3, 0.4) is 0 Å². The summed E-state index contributed by atoms with van der Waals surface area (Å²) in [6.45, 7) is 0.939. The Kier molecular flexibility index (Phi) is 4.33. The maximum absolute atomic E-state index is 13.5. The van der Waals surface area contributed by atoms with E-state index in [-0.39, 0.29) is 5.69 Å². The molecule has 1 N–H and O–H groups in total. The van der Waals surface area contributed by atoms with Crippen LogP contribution in [0.2, 0.25) is 0 Å². The van der Waals surface area contributed by atoms with Gasteiger partial charge in [-0.2, -0.15) is 0 Å². The van der Waals surface area contributed by atoms with Crippen molar-refractivity contribution in [2.24, 2.45) is 0 Å². The van der Waals surface area contributed by atoms with Crippen LogP contribution in [0, 0.1) is 21.7 Å². The number of benzene rings is 1. The molecule has 0 aliphatic carbocycles. The van der Waals surface area contributed by atoms with Crippen LogP contribution in [0.15, 0.2) is 12.1 Å². The zero-order chi connectivity index (χ0) is 13.0. The second-order valence-corrected chi connectivity index (χ2v) is 3.54. The maximum atomic E-state index is 13.5. The van der Waals surface area contributed by atoms with E-state index in [1.165, 1.54) is 11.9 Å². The fourth-order valence-electron chi connectivity index (χ4n) is 1.41. The molecule has 0 aliphatic heterocycles. The van der Waals surface area contributed by atoms with E-state index in [1.54, 1.807) is 7.05 Å². The zero-order valence-electron chi connectivity index (χ0n) is 9.54. The van der Waals surface area contributed by atoms with Gasteiger partial charge in [-0.05, 0) is 7.05 Å². The fourth-order valence-corrected chi connectivity index (χ4v) is 1.41. The molecule has 0 unspecified atom stereocenters. The second kappa shape index (κ2) is 5.53. The first kappa shape index (κ1) is 13.3. The standard InChI is InChI=1S/C10H13F2N3O2/c1-13-3-4-14(2)10-8(11)5-7(15(16)17)6-9(10)12/h5-6,13H,3-4H2,1-2H3. The quantitative estimate of drug-likeness (QED) is 0.631. The third-order valence-corrected chi connectivity index (χ3v) is 2.29. The van der Waals surface area contributed by atoms with Crippen molar-refractivity contribution in [1.82, 2.24) is 5.32 Å². The Morgan fingerprint density at radius 1 is 1.41 bits per heavy atom. The molecule has 0 saturated heterocycles. The molecule has 0 atom stereocenters. The Balaban J connectivity index is 3.04. The molecule has 0 spiro atoms. The molecule has 17 heavy (non-hydrogen) atoms. The highest BCUT2D eigenvalue weighted by Gasteiger charge is 2.19. The van der Waals surface area contributed by atoms with Gasteiger partial charge in [0, 0.05) is 20.1 Å². The van der Waals surface area contributed by atoms with E-state index in [9.17, 15) is 18.9 Å². The van der Waals surface area contributed by atoms with Crippen molar-refractivity contribution in [2.75, 3.05) is 32.1 Å². The smallest absolute Gasteiger partial charge is 0.275 e. The van der Waals surface area contributed by atoms with Crippen molar-refractivity contribution >= 4 is 11.4 Å². The van der Waals surface area contributed by atoms with Gasteiger partial charge in [0.2, 0.25) is 0 Å². The van der Waals surface area contributed by atoms with Crippen molar-refractivity contribution in [3.05, 3.63) is 33.9 Å². The molecule has 0 saturated carbocycles. The van der Waals surface area contributed by atoms with Gasteiger partial charge in [-0.25, -0.2) is 8.78 Å².